The number of aryl methyl sites for hydroxylation is 1. The van der Waals surface area contributed by atoms with Crippen LogP contribution in [0.25, 0.3) is 28.2 Å². The topological polar surface area (TPSA) is 74.9 Å². The van der Waals surface area contributed by atoms with Gasteiger partial charge in [-0.3, -0.25) is 4.79 Å². The van der Waals surface area contributed by atoms with Crippen molar-refractivity contribution in [3.63, 3.8) is 0 Å². The van der Waals surface area contributed by atoms with E-state index < -0.39 is 5.78 Å². The molecule has 0 aliphatic carbocycles. The molecule has 0 unspecified atom stereocenters. The van der Waals surface area contributed by atoms with E-state index in [0.29, 0.717) is 0 Å². The van der Waals surface area contributed by atoms with Gasteiger partial charge < -0.3 is 24.4 Å². The Morgan fingerprint density at radius 2 is 1.72 bits per heavy atom. The molecule has 0 spiro atoms. The van der Waals surface area contributed by atoms with Crippen LogP contribution < -0.4 is 9.64 Å². The van der Waals surface area contributed by atoms with Gasteiger partial charge in [0.05, 0.1) is 5.69 Å². The van der Waals surface area contributed by atoms with Crippen molar-refractivity contribution < 1.29 is 19.7 Å². The number of carbonyl (C=O) groups is 1. The Morgan fingerprint density at radius 1 is 1.00 bits per heavy atom. The van der Waals surface area contributed by atoms with E-state index in [9.17, 15) is 15.0 Å². The van der Waals surface area contributed by atoms with E-state index >= 15 is 0 Å². The van der Waals surface area contributed by atoms with Gasteiger partial charge in [-0.25, -0.2) is 0 Å². The maximum absolute atomic E-state index is 13.0. The molecule has 2 heterocycles. The van der Waals surface area contributed by atoms with Crippen LogP contribution >= 0.6 is 0 Å². The zero-order valence-electron chi connectivity index (χ0n) is 18.0. The van der Waals surface area contributed by atoms with Crippen molar-refractivity contribution in [3.8, 4) is 28.5 Å². The number of ether oxygens (including phenoxy) is 1. The number of fused-ring (bicyclic) bond motifs is 2. The van der Waals surface area contributed by atoms with E-state index in [-0.39, 0.29) is 28.6 Å². The minimum atomic E-state index is -0.417. The number of aromatic nitrogens is 1. The number of phenols is 2. The monoisotopic (exact) mass is 426 g/mol. The van der Waals surface area contributed by atoms with Crippen molar-refractivity contribution >= 4 is 28.4 Å². The molecule has 1 aromatic heterocycles. The van der Waals surface area contributed by atoms with Gasteiger partial charge in [-0.15, -0.1) is 0 Å². The fourth-order valence-electron chi connectivity index (χ4n) is 4.24. The fraction of sp³-hybridized carbons (Fsp3) is 0.115. The first-order valence-corrected chi connectivity index (χ1v) is 10.2. The molecule has 1 aliphatic heterocycles. The van der Waals surface area contributed by atoms with Crippen molar-refractivity contribution in [3.05, 3.63) is 77.5 Å². The molecule has 0 saturated carbocycles. The maximum Gasteiger partial charge on any atom is 0.235 e. The van der Waals surface area contributed by atoms with Gasteiger partial charge >= 0.3 is 0 Å². The second-order valence-electron chi connectivity index (χ2n) is 8.06. The lowest BCUT2D eigenvalue weighted by Gasteiger charge is -2.13. The molecule has 0 amide bonds. The highest BCUT2D eigenvalue weighted by atomic mass is 16.5. The predicted octanol–water partition coefficient (Wildman–Crippen LogP) is 4.94. The number of benzene rings is 3. The summed E-state index contributed by atoms with van der Waals surface area (Å²) in [6, 6.07) is 18.7. The van der Waals surface area contributed by atoms with Crippen molar-refractivity contribution in [1.29, 1.82) is 0 Å². The molecule has 0 bridgehead atoms. The first-order chi connectivity index (χ1) is 15.3. The zero-order valence-corrected chi connectivity index (χ0v) is 18.0. The van der Waals surface area contributed by atoms with Crippen LogP contribution in [0.4, 0.5) is 5.69 Å². The van der Waals surface area contributed by atoms with Gasteiger partial charge in [0.1, 0.15) is 22.8 Å². The fourth-order valence-corrected chi connectivity index (χ4v) is 4.24. The number of ketones is 1. The van der Waals surface area contributed by atoms with E-state index in [0.717, 1.165) is 39.5 Å². The normalized spacial score (nSPS) is 14.1. The SMILES string of the molecule is CN(C)c1ccc(-c2c(C=C3Oc4cc(O)cc(O)c4C3=O)c3ccccc3n2C)cc1. The molecular formula is C26H22N2O4. The van der Waals surface area contributed by atoms with Crippen LogP contribution in [0.1, 0.15) is 15.9 Å². The highest BCUT2D eigenvalue weighted by Crippen LogP contribution is 2.42. The summed E-state index contributed by atoms with van der Waals surface area (Å²) < 4.78 is 7.86. The lowest BCUT2D eigenvalue weighted by atomic mass is 10.0. The maximum atomic E-state index is 13.0. The van der Waals surface area contributed by atoms with E-state index in [1.807, 2.05) is 50.3 Å². The number of para-hydroxylation sites is 1. The molecular weight excluding hydrogens is 404 g/mol. The molecule has 0 radical (unpaired) electrons. The third-order valence-corrected chi connectivity index (χ3v) is 5.82. The minimum Gasteiger partial charge on any atom is -0.508 e. The number of aromatic hydroxyl groups is 2. The van der Waals surface area contributed by atoms with Gasteiger partial charge in [0.25, 0.3) is 0 Å². The summed E-state index contributed by atoms with van der Waals surface area (Å²) in [6.07, 6.45) is 1.72. The molecule has 1 aliphatic rings. The van der Waals surface area contributed by atoms with Crippen LogP contribution in [-0.2, 0) is 7.05 Å². The van der Waals surface area contributed by atoms with Crippen LogP contribution in [-0.4, -0.2) is 34.7 Å². The molecule has 4 aromatic rings. The average Bonchev–Trinajstić information content (AvgIpc) is 3.22. The van der Waals surface area contributed by atoms with E-state index in [4.69, 9.17) is 4.74 Å². The Hall–Kier alpha value is -4.19. The number of carbonyl (C=O) groups excluding carboxylic acids is 1. The van der Waals surface area contributed by atoms with Crippen LogP contribution in [0.15, 0.2) is 66.4 Å². The lowest BCUT2D eigenvalue weighted by molar-refractivity contribution is 0.101. The zero-order chi connectivity index (χ0) is 22.6. The smallest absolute Gasteiger partial charge is 0.235 e. The van der Waals surface area contributed by atoms with Gasteiger partial charge in [-0.05, 0) is 29.8 Å². The Kier molecular flexibility index (Phi) is 4.44. The molecule has 3 aromatic carbocycles. The number of nitrogens with zero attached hydrogens (tertiary/aromatic N) is 2. The van der Waals surface area contributed by atoms with E-state index in [1.165, 1.54) is 6.07 Å². The van der Waals surface area contributed by atoms with Gasteiger partial charge in [0.2, 0.25) is 5.78 Å². The van der Waals surface area contributed by atoms with Crippen molar-refractivity contribution in [1.82, 2.24) is 4.57 Å². The molecule has 2 N–H and O–H groups in total. The van der Waals surface area contributed by atoms with Crippen molar-refractivity contribution in [2.45, 2.75) is 0 Å². The molecule has 0 fully saturated rings. The highest BCUT2D eigenvalue weighted by molar-refractivity contribution is 6.17. The summed E-state index contributed by atoms with van der Waals surface area (Å²) in [6.45, 7) is 0. The quantitative estimate of drug-likeness (QED) is 0.454. The summed E-state index contributed by atoms with van der Waals surface area (Å²) in [4.78, 5) is 15.0. The van der Waals surface area contributed by atoms with Crippen LogP contribution in [0.5, 0.6) is 17.2 Å². The van der Waals surface area contributed by atoms with Crippen molar-refractivity contribution in [2.24, 2.45) is 7.05 Å². The van der Waals surface area contributed by atoms with Gasteiger partial charge in [-0.2, -0.15) is 0 Å². The second kappa shape index (κ2) is 7.20. The third-order valence-electron chi connectivity index (χ3n) is 5.82. The van der Waals surface area contributed by atoms with Crippen LogP contribution in [0.3, 0.4) is 0 Å². The van der Waals surface area contributed by atoms with Crippen LogP contribution in [0.2, 0.25) is 0 Å². The van der Waals surface area contributed by atoms with E-state index in [1.54, 1.807) is 6.08 Å². The highest BCUT2D eigenvalue weighted by Gasteiger charge is 2.32. The molecule has 5 rings (SSSR count). The number of rotatable bonds is 3. The molecule has 160 valence electrons. The standard InChI is InChI=1S/C26H22N2O4/c1-27(2)16-10-8-15(9-11-16)25-19(18-6-4-5-7-20(18)28(25)3)14-23-26(31)24-21(30)12-17(29)13-22(24)32-23/h4-14,29-30H,1-3H3. The number of allylic oxidation sites excluding steroid dienone is 1. The molecule has 6 nitrogen and oxygen atoms in total. The van der Waals surface area contributed by atoms with Crippen LogP contribution in [0, 0.1) is 0 Å². The molecule has 6 heteroatoms. The number of Topliss-reactive ketones (excluding diaryl/α,β-unsaturated/α-hetero) is 1. The Bertz CT molecular complexity index is 1410. The number of hydrogen-bond donors (Lipinski definition) is 2. The van der Waals surface area contributed by atoms with Gasteiger partial charge in [-0.1, -0.05) is 30.3 Å². The molecule has 0 saturated heterocycles. The van der Waals surface area contributed by atoms with E-state index in [2.05, 4.69) is 28.8 Å². The third kappa shape index (κ3) is 3.00. The lowest BCUT2D eigenvalue weighted by Crippen LogP contribution is -2.08. The Labute approximate surface area is 185 Å². The second-order valence-corrected chi connectivity index (χ2v) is 8.06. The summed E-state index contributed by atoms with van der Waals surface area (Å²) >= 11 is 0. The molecule has 32 heavy (non-hydrogen) atoms. The van der Waals surface area contributed by atoms with Gasteiger partial charge in [0.15, 0.2) is 5.76 Å². The molecule has 0 atom stereocenters. The van der Waals surface area contributed by atoms with Gasteiger partial charge in [0, 0.05) is 55.4 Å². The summed E-state index contributed by atoms with van der Waals surface area (Å²) in [5.74, 6) is -0.633. The number of hydrogen-bond acceptors (Lipinski definition) is 5. The number of anilines is 1. The average molecular weight is 426 g/mol. The van der Waals surface area contributed by atoms with Crippen molar-refractivity contribution in [2.75, 3.05) is 19.0 Å². The first-order valence-electron chi connectivity index (χ1n) is 10.2. The largest absolute Gasteiger partial charge is 0.508 e. The predicted molar refractivity (Wildman–Crippen MR) is 125 cm³/mol. The Balaban J connectivity index is 1.70. The summed E-state index contributed by atoms with van der Waals surface area (Å²) in [5, 5.41) is 20.9. The minimum absolute atomic E-state index is 0.0613. The number of phenolic OH excluding ortho intramolecular Hbond substituents is 2. The summed E-state index contributed by atoms with van der Waals surface area (Å²) in [7, 11) is 5.99. The summed E-state index contributed by atoms with van der Waals surface area (Å²) in [5.41, 5.74) is 4.97. The first kappa shape index (κ1) is 19.8. The Morgan fingerprint density at radius 3 is 2.44 bits per heavy atom.